The maximum Gasteiger partial charge on any atom is 0.185 e. The molecule has 2 heterocycles. The number of phenols is 1. The number of thiol groups is 3. The summed E-state index contributed by atoms with van der Waals surface area (Å²) < 4.78 is 14.7. The molecular formula is C26H29FN6OS4. The summed E-state index contributed by atoms with van der Waals surface area (Å²) in [5, 5.41) is 28.4. The smallest absolute Gasteiger partial charge is 0.185 e. The zero-order valence-corrected chi connectivity index (χ0v) is 24.1. The molecule has 0 unspecified atom stereocenters. The minimum Gasteiger partial charge on any atom is -0.507 e. The van der Waals surface area contributed by atoms with E-state index in [9.17, 15) is 5.11 Å². The lowest BCUT2D eigenvalue weighted by Crippen LogP contribution is -2.52. The van der Waals surface area contributed by atoms with Gasteiger partial charge < -0.3 is 10.0 Å². The van der Waals surface area contributed by atoms with Gasteiger partial charge in [-0.2, -0.15) is 5.10 Å². The lowest BCUT2D eigenvalue weighted by molar-refractivity contribution is 0.0631. The van der Waals surface area contributed by atoms with Gasteiger partial charge >= 0.3 is 0 Å². The number of halogens is 1. The van der Waals surface area contributed by atoms with Gasteiger partial charge in [-0.1, -0.05) is 30.7 Å². The number of rotatable bonds is 7. The third kappa shape index (κ3) is 5.73. The topological polar surface area (TPSA) is 87.9 Å². The van der Waals surface area contributed by atoms with Crippen molar-refractivity contribution in [3.63, 3.8) is 0 Å². The van der Waals surface area contributed by atoms with Crippen molar-refractivity contribution in [1.29, 1.82) is 0 Å². The molecule has 38 heavy (non-hydrogen) atoms. The average molecular weight is 589 g/mol. The molecule has 3 aliphatic rings. The molecule has 0 radical (unpaired) electrons. The highest BCUT2D eigenvalue weighted by Gasteiger charge is 2.46. The summed E-state index contributed by atoms with van der Waals surface area (Å²) in [5.41, 5.74) is 2.00. The number of benzene rings is 1. The summed E-state index contributed by atoms with van der Waals surface area (Å²) in [6.45, 7) is 0. The molecule has 0 spiro atoms. The summed E-state index contributed by atoms with van der Waals surface area (Å²) in [6, 6.07) is 7.24. The summed E-state index contributed by atoms with van der Waals surface area (Å²) in [7, 11) is 0. The first kappa shape index (κ1) is 26.5. The third-order valence-corrected chi connectivity index (χ3v) is 9.28. The van der Waals surface area contributed by atoms with Crippen molar-refractivity contribution in [2.75, 3.05) is 4.90 Å². The van der Waals surface area contributed by atoms with Crippen LogP contribution in [0.1, 0.15) is 44.9 Å². The van der Waals surface area contributed by atoms with Crippen LogP contribution < -0.4 is 4.90 Å². The lowest BCUT2D eigenvalue weighted by Gasteiger charge is -2.46. The number of aromatic nitrogens is 5. The summed E-state index contributed by atoms with van der Waals surface area (Å²) in [4.78, 5) is 6.70. The summed E-state index contributed by atoms with van der Waals surface area (Å²) in [6.07, 6.45) is 9.78. The first-order chi connectivity index (χ1) is 18.2. The minimum absolute atomic E-state index is 0.0259. The van der Waals surface area contributed by atoms with E-state index in [1.165, 1.54) is 18.2 Å². The van der Waals surface area contributed by atoms with Crippen LogP contribution in [-0.4, -0.2) is 51.5 Å². The molecule has 4 atom stereocenters. The Balaban J connectivity index is 1.23. The molecule has 3 fully saturated rings. The van der Waals surface area contributed by atoms with Gasteiger partial charge in [0.2, 0.25) is 0 Å². The zero-order chi connectivity index (χ0) is 26.4. The van der Waals surface area contributed by atoms with Crippen molar-refractivity contribution < 1.29 is 9.50 Å². The largest absolute Gasteiger partial charge is 0.507 e. The van der Waals surface area contributed by atoms with Gasteiger partial charge in [-0.15, -0.1) is 53.2 Å². The van der Waals surface area contributed by atoms with E-state index in [1.807, 2.05) is 12.1 Å². The number of nitrogens with zero attached hydrogens (tertiary/aromatic N) is 6. The number of hydrogen-bond donors (Lipinski definition) is 4. The second-order valence-electron chi connectivity index (χ2n) is 10.5. The Bertz CT molecular complexity index is 1310. The Kier molecular flexibility index (Phi) is 7.43. The number of hydrogen-bond acceptors (Lipinski definition) is 11. The maximum atomic E-state index is 15.6. The van der Waals surface area contributed by atoms with Crippen LogP contribution in [0.4, 0.5) is 10.2 Å². The van der Waals surface area contributed by atoms with Crippen molar-refractivity contribution in [3.8, 4) is 28.3 Å². The van der Waals surface area contributed by atoms with E-state index in [-0.39, 0.29) is 17.7 Å². The standard InChI is InChI=1S/C26H29FN6OS4/c27-24-16-3-1-2-14(8-16)9-20(24)33(18-5-6-18)22-13-28-25(32-30-22)19-7-4-15(10-21(19)34)17-11-23(31-29-12-17)38-26(35,36)37/h4,7,10-14,16,18,20,24,34-37H,1-3,5-6,8-9H2/t14-,16+,20+,24-/m0/s1. The fraction of sp³-hybridized carbons (Fsp3) is 0.500. The molecule has 2 bridgehead atoms. The van der Waals surface area contributed by atoms with Crippen LogP contribution in [0.5, 0.6) is 5.75 Å². The van der Waals surface area contributed by atoms with Crippen molar-refractivity contribution >= 4 is 55.5 Å². The molecule has 3 aliphatic carbocycles. The van der Waals surface area contributed by atoms with E-state index >= 15 is 4.39 Å². The number of anilines is 1. The van der Waals surface area contributed by atoms with Gasteiger partial charge in [0.15, 0.2) is 14.4 Å². The minimum atomic E-state index is -0.897. The van der Waals surface area contributed by atoms with Gasteiger partial charge in [0.25, 0.3) is 0 Å². The van der Waals surface area contributed by atoms with E-state index in [0.717, 1.165) is 49.7 Å². The highest BCUT2D eigenvalue weighted by Crippen LogP contribution is 2.46. The molecule has 200 valence electrons. The van der Waals surface area contributed by atoms with Crippen LogP contribution >= 0.6 is 49.6 Å². The SMILES string of the molecule is Oc1cc(-c2cnnc(SC(S)(S)S)c2)ccc1-c1ncc(N(C2CC2)[C@@H]2C[C@H]3CCC[C@H](C3)[C@@H]2F)nn1. The normalized spacial score (nSPS) is 25.3. The second-order valence-corrected chi connectivity index (χ2v) is 15.7. The van der Waals surface area contributed by atoms with E-state index in [2.05, 4.69) is 68.2 Å². The molecule has 2 aromatic heterocycles. The van der Waals surface area contributed by atoms with E-state index < -0.39 is 8.91 Å². The van der Waals surface area contributed by atoms with Gasteiger partial charge in [-0.3, -0.25) is 0 Å². The maximum absolute atomic E-state index is 15.6. The Hall–Kier alpha value is -1.76. The Morgan fingerprint density at radius 1 is 0.974 bits per heavy atom. The van der Waals surface area contributed by atoms with Crippen LogP contribution in [0.15, 0.2) is 41.7 Å². The number of aromatic hydroxyl groups is 1. The molecule has 3 saturated carbocycles. The number of alkyl halides is 1. The highest BCUT2D eigenvalue weighted by molar-refractivity contribution is 8.36. The van der Waals surface area contributed by atoms with Crippen molar-refractivity contribution in [1.82, 2.24) is 25.4 Å². The highest BCUT2D eigenvalue weighted by atomic mass is 32.3. The molecule has 0 saturated heterocycles. The van der Waals surface area contributed by atoms with E-state index in [1.54, 1.807) is 24.5 Å². The summed E-state index contributed by atoms with van der Waals surface area (Å²) >= 11 is 14.1. The van der Waals surface area contributed by atoms with Crippen LogP contribution in [-0.2, 0) is 0 Å². The number of fused-ring (bicyclic) bond motifs is 2. The van der Waals surface area contributed by atoms with Crippen molar-refractivity contribution in [3.05, 3.63) is 36.7 Å². The quantitative estimate of drug-likeness (QED) is 0.150. The lowest BCUT2D eigenvalue weighted by atomic mass is 9.69. The Morgan fingerprint density at radius 2 is 1.82 bits per heavy atom. The monoisotopic (exact) mass is 588 g/mol. The van der Waals surface area contributed by atoms with Crippen LogP contribution in [0.2, 0.25) is 0 Å². The summed E-state index contributed by atoms with van der Waals surface area (Å²) in [5.74, 6) is 1.73. The first-order valence-electron chi connectivity index (χ1n) is 12.9. The predicted octanol–water partition coefficient (Wildman–Crippen LogP) is 6.08. The second kappa shape index (κ2) is 10.7. The molecule has 1 N–H and O–H groups in total. The predicted molar refractivity (Wildman–Crippen MR) is 158 cm³/mol. The van der Waals surface area contributed by atoms with Gasteiger partial charge in [-0.05, 0) is 67.7 Å². The van der Waals surface area contributed by atoms with Gasteiger partial charge in [0.1, 0.15) is 16.9 Å². The molecule has 12 heteroatoms. The molecule has 3 aromatic rings. The first-order valence-corrected chi connectivity index (χ1v) is 15.1. The van der Waals surface area contributed by atoms with E-state index in [4.69, 9.17) is 0 Å². The van der Waals surface area contributed by atoms with Gasteiger partial charge in [0.05, 0.1) is 24.0 Å². The zero-order valence-electron chi connectivity index (χ0n) is 20.6. The number of phenolic OH excluding ortho intramolecular Hbond substituents is 1. The van der Waals surface area contributed by atoms with Crippen LogP contribution in [0.25, 0.3) is 22.5 Å². The van der Waals surface area contributed by atoms with Crippen LogP contribution in [0.3, 0.4) is 0 Å². The Labute approximate surface area is 242 Å². The molecular weight excluding hydrogens is 560 g/mol. The third-order valence-electron chi connectivity index (χ3n) is 7.77. The Morgan fingerprint density at radius 3 is 2.53 bits per heavy atom. The van der Waals surface area contributed by atoms with Crippen LogP contribution in [0, 0.1) is 11.8 Å². The fourth-order valence-corrected chi connectivity index (χ4v) is 7.37. The van der Waals surface area contributed by atoms with Crippen molar-refractivity contribution in [2.24, 2.45) is 11.8 Å². The molecule has 0 amide bonds. The van der Waals surface area contributed by atoms with Gasteiger partial charge in [0, 0.05) is 11.6 Å². The molecule has 7 nitrogen and oxygen atoms in total. The molecule has 0 aliphatic heterocycles. The van der Waals surface area contributed by atoms with Gasteiger partial charge in [-0.25, -0.2) is 9.37 Å². The van der Waals surface area contributed by atoms with E-state index in [0.29, 0.717) is 34.2 Å². The number of thioether (sulfide) groups is 1. The molecule has 1 aromatic carbocycles. The fourth-order valence-electron chi connectivity index (χ4n) is 5.98. The average Bonchev–Trinajstić information content (AvgIpc) is 3.72. The molecule has 6 rings (SSSR count). The van der Waals surface area contributed by atoms with Crippen molar-refractivity contribution in [2.45, 2.75) is 71.0 Å².